The highest BCUT2D eigenvalue weighted by Gasteiger charge is 2.40. The molecule has 0 saturated heterocycles. The number of rotatable bonds is 7. The second-order valence-electron chi connectivity index (χ2n) is 8.22. The van der Waals surface area contributed by atoms with Gasteiger partial charge >= 0.3 is 6.18 Å². The number of halogens is 3. The fourth-order valence-corrected chi connectivity index (χ4v) is 3.63. The standard InChI is InChI=1S/C27H22F3NO5/c1-16-10-17(2)12-20(11-16)35-25-24(33)21-9-8-19(13-22(21)36-26(25)27(28,29)30)34-15-23(32)31-14-18-6-4-3-5-7-18/h3-13H,14-15H2,1-2H3,(H,31,32). The highest BCUT2D eigenvalue weighted by molar-refractivity contribution is 5.80. The molecule has 6 nitrogen and oxygen atoms in total. The number of hydrogen-bond donors (Lipinski definition) is 1. The number of fused-ring (bicyclic) bond motifs is 1. The van der Waals surface area contributed by atoms with Gasteiger partial charge in [-0.3, -0.25) is 9.59 Å². The summed E-state index contributed by atoms with van der Waals surface area (Å²) < 4.78 is 57.3. The lowest BCUT2D eigenvalue weighted by Crippen LogP contribution is -2.28. The lowest BCUT2D eigenvalue weighted by molar-refractivity contribution is -0.154. The molecule has 0 bridgehead atoms. The quantitative estimate of drug-likeness (QED) is 0.343. The molecule has 36 heavy (non-hydrogen) atoms. The van der Waals surface area contributed by atoms with Crippen molar-refractivity contribution in [3.8, 4) is 17.2 Å². The molecule has 0 unspecified atom stereocenters. The lowest BCUT2D eigenvalue weighted by Gasteiger charge is -2.14. The maximum Gasteiger partial charge on any atom is 0.453 e. The van der Waals surface area contributed by atoms with Gasteiger partial charge in [0.2, 0.25) is 11.2 Å². The SMILES string of the molecule is Cc1cc(C)cc(Oc2c(C(F)(F)F)oc3cc(OCC(=O)NCc4ccccc4)ccc3c2=O)c1. The largest absolute Gasteiger partial charge is 0.484 e. The molecule has 0 aliphatic rings. The molecule has 1 heterocycles. The number of amides is 1. The van der Waals surface area contributed by atoms with Gasteiger partial charge in [-0.05, 0) is 54.8 Å². The molecule has 0 aliphatic heterocycles. The fraction of sp³-hybridized carbons (Fsp3) is 0.185. The van der Waals surface area contributed by atoms with Gasteiger partial charge in [0.05, 0.1) is 5.39 Å². The number of carbonyl (C=O) groups excluding carboxylic acids is 1. The molecule has 4 aromatic rings. The zero-order valence-corrected chi connectivity index (χ0v) is 19.4. The lowest BCUT2D eigenvalue weighted by atomic mass is 10.1. The molecule has 3 aromatic carbocycles. The Balaban J connectivity index is 1.58. The number of aryl methyl sites for hydroxylation is 2. The molecule has 0 aliphatic carbocycles. The van der Waals surface area contributed by atoms with E-state index in [-0.39, 0.29) is 29.1 Å². The van der Waals surface area contributed by atoms with Crippen LogP contribution in [0, 0.1) is 13.8 Å². The van der Waals surface area contributed by atoms with Crippen molar-refractivity contribution >= 4 is 16.9 Å². The van der Waals surface area contributed by atoms with Crippen LogP contribution in [0.3, 0.4) is 0 Å². The van der Waals surface area contributed by atoms with E-state index in [2.05, 4.69) is 5.32 Å². The van der Waals surface area contributed by atoms with Gasteiger partial charge in [0.1, 0.15) is 17.1 Å². The molecule has 1 N–H and O–H groups in total. The predicted molar refractivity (Wildman–Crippen MR) is 127 cm³/mol. The Labute approximate surface area is 204 Å². The van der Waals surface area contributed by atoms with E-state index in [0.717, 1.165) is 22.8 Å². The summed E-state index contributed by atoms with van der Waals surface area (Å²) in [5.74, 6) is -2.78. The maximum atomic E-state index is 13.8. The summed E-state index contributed by atoms with van der Waals surface area (Å²) in [4.78, 5) is 25.1. The van der Waals surface area contributed by atoms with E-state index in [9.17, 15) is 22.8 Å². The van der Waals surface area contributed by atoms with Gasteiger partial charge in [0, 0.05) is 12.6 Å². The maximum absolute atomic E-state index is 13.8. The third kappa shape index (κ3) is 5.86. The number of benzene rings is 3. The van der Waals surface area contributed by atoms with E-state index < -0.39 is 29.0 Å². The smallest absolute Gasteiger partial charge is 0.453 e. The number of ether oxygens (including phenoxy) is 2. The summed E-state index contributed by atoms with van der Waals surface area (Å²) in [6, 6.07) is 17.9. The molecular weight excluding hydrogens is 475 g/mol. The number of alkyl halides is 3. The first-order valence-corrected chi connectivity index (χ1v) is 11.0. The van der Waals surface area contributed by atoms with Crippen LogP contribution in [0.2, 0.25) is 0 Å². The molecule has 1 aromatic heterocycles. The van der Waals surface area contributed by atoms with Crippen molar-refractivity contribution in [2.45, 2.75) is 26.6 Å². The van der Waals surface area contributed by atoms with Crippen LogP contribution in [0.1, 0.15) is 22.5 Å². The fourth-order valence-electron chi connectivity index (χ4n) is 3.63. The van der Waals surface area contributed by atoms with Crippen molar-refractivity contribution in [2.75, 3.05) is 6.61 Å². The minimum atomic E-state index is -4.99. The van der Waals surface area contributed by atoms with Gasteiger partial charge in [-0.2, -0.15) is 13.2 Å². The minimum Gasteiger partial charge on any atom is -0.484 e. The zero-order chi connectivity index (χ0) is 25.9. The van der Waals surface area contributed by atoms with E-state index in [4.69, 9.17) is 13.9 Å². The Morgan fingerprint density at radius 3 is 2.31 bits per heavy atom. The molecule has 0 spiro atoms. The van der Waals surface area contributed by atoms with Gasteiger partial charge in [-0.15, -0.1) is 0 Å². The first-order chi connectivity index (χ1) is 17.1. The van der Waals surface area contributed by atoms with E-state index in [1.54, 1.807) is 13.8 Å². The van der Waals surface area contributed by atoms with Crippen LogP contribution in [0.5, 0.6) is 17.2 Å². The van der Waals surface area contributed by atoms with E-state index in [1.165, 1.54) is 24.3 Å². The Hall–Kier alpha value is -4.27. The van der Waals surface area contributed by atoms with Crippen LogP contribution in [-0.4, -0.2) is 12.5 Å². The van der Waals surface area contributed by atoms with Crippen molar-refractivity contribution < 1.29 is 31.9 Å². The van der Waals surface area contributed by atoms with Crippen LogP contribution >= 0.6 is 0 Å². The van der Waals surface area contributed by atoms with Crippen molar-refractivity contribution in [1.29, 1.82) is 0 Å². The zero-order valence-electron chi connectivity index (χ0n) is 19.4. The third-order valence-corrected chi connectivity index (χ3v) is 5.20. The van der Waals surface area contributed by atoms with E-state index >= 15 is 0 Å². The Bertz CT molecular complexity index is 1440. The summed E-state index contributed by atoms with van der Waals surface area (Å²) in [5.41, 5.74) is 1.10. The summed E-state index contributed by atoms with van der Waals surface area (Å²) in [6.07, 6.45) is -4.99. The second-order valence-corrected chi connectivity index (χ2v) is 8.22. The predicted octanol–water partition coefficient (Wildman–Crippen LogP) is 5.92. The monoisotopic (exact) mass is 497 g/mol. The Morgan fingerprint density at radius 2 is 1.64 bits per heavy atom. The van der Waals surface area contributed by atoms with Crippen LogP contribution < -0.4 is 20.2 Å². The normalized spacial score (nSPS) is 11.4. The molecule has 0 atom stereocenters. The average Bonchev–Trinajstić information content (AvgIpc) is 2.82. The van der Waals surface area contributed by atoms with E-state index in [1.807, 2.05) is 36.4 Å². The summed E-state index contributed by atoms with van der Waals surface area (Å²) in [7, 11) is 0. The molecular formula is C27H22F3NO5. The molecule has 0 radical (unpaired) electrons. The van der Waals surface area contributed by atoms with Gasteiger partial charge < -0.3 is 19.2 Å². The van der Waals surface area contributed by atoms with Crippen molar-refractivity contribution in [3.05, 3.63) is 99.4 Å². The summed E-state index contributed by atoms with van der Waals surface area (Å²) in [6.45, 7) is 3.45. The van der Waals surface area contributed by atoms with E-state index in [0.29, 0.717) is 6.54 Å². The van der Waals surface area contributed by atoms with Crippen LogP contribution in [-0.2, 0) is 17.5 Å². The first-order valence-electron chi connectivity index (χ1n) is 11.0. The molecule has 4 rings (SSSR count). The van der Waals surface area contributed by atoms with Gasteiger partial charge in [-0.25, -0.2) is 0 Å². The van der Waals surface area contributed by atoms with Crippen molar-refractivity contribution in [3.63, 3.8) is 0 Å². The van der Waals surface area contributed by atoms with Crippen molar-refractivity contribution in [1.82, 2.24) is 5.32 Å². The second kappa shape index (κ2) is 10.2. The number of carbonyl (C=O) groups is 1. The van der Waals surface area contributed by atoms with Crippen LogP contribution in [0.4, 0.5) is 13.2 Å². The molecule has 186 valence electrons. The Kier molecular flexibility index (Phi) is 7.00. The number of hydrogen-bond acceptors (Lipinski definition) is 5. The van der Waals surface area contributed by atoms with Crippen LogP contribution in [0.15, 0.2) is 75.9 Å². The summed E-state index contributed by atoms with van der Waals surface area (Å²) >= 11 is 0. The Morgan fingerprint density at radius 1 is 0.944 bits per heavy atom. The van der Waals surface area contributed by atoms with Crippen LogP contribution in [0.25, 0.3) is 11.0 Å². The van der Waals surface area contributed by atoms with Crippen molar-refractivity contribution in [2.24, 2.45) is 0 Å². The average molecular weight is 497 g/mol. The molecule has 0 fully saturated rings. The minimum absolute atomic E-state index is 0.0663. The van der Waals surface area contributed by atoms with Gasteiger partial charge in [-0.1, -0.05) is 36.4 Å². The molecule has 0 saturated carbocycles. The van der Waals surface area contributed by atoms with Gasteiger partial charge in [0.15, 0.2) is 6.61 Å². The molecule has 9 heteroatoms. The topological polar surface area (TPSA) is 77.8 Å². The van der Waals surface area contributed by atoms with Gasteiger partial charge in [0.25, 0.3) is 11.7 Å². The first kappa shape index (κ1) is 24.8. The third-order valence-electron chi connectivity index (χ3n) is 5.20. The molecule has 1 amide bonds. The highest BCUT2D eigenvalue weighted by atomic mass is 19.4. The highest BCUT2D eigenvalue weighted by Crippen LogP contribution is 2.39. The summed E-state index contributed by atoms with van der Waals surface area (Å²) in [5, 5.41) is 2.56. The number of nitrogens with one attached hydrogen (secondary N) is 1.